The summed E-state index contributed by atoms with van der Waals surface area (Å²) in [5.74, 6) is 0.178. The van der Waals surface area contributed by atoms with Crippen molar-refractivity contribution in [3.8, 4) is 0 Å². The number of fused-ring (bicyclic) bond motifs is 1. The Morgan fingerprint density at radius 2 is 2.10 bits per heavy atom. The first-order valence-electron chi connectivity index (χ1n) is 7.82. The Hall–Kier alpha value is -0.830. The first-order valence-corrected chi connectivity index (χ1v) is 7.82. The van der Waals surface area contributed by atoms with Crippen molar-refractivity contribution in [3.63, 3.8) is 0 Å². The summed E-state index contributed by atoms with van der Waals surface area (Å²) < 4.78 is 5.19. The molecule has 1 saturated carbocycles. The van der Waals surface area contributed by atoms with Crippen molar-refractivity contribution in [2.45, 2.75) is 58.5 Å². The van der Waals surface area contributed by atoms with Gasteiger partial charge in [0.1, 0.15) is 0 Å². The van der Waals surface area contributed by atoms with Crippen LogP contribution in [0.2, 0.25) is 0 Å². The molecule has 0 aromatic carbocycles. The maximum absolute atomic E-state index is 11.7. The number of carbonyl (C=O) groups is 1. The summed E-state index contributed by atoms with van der Waals surface area (Å²) in [6.07, 6.45) is 8.69. The highest BCUT2D eigenvalue weighted by Crippen LogP contribution is 2.55. The highest BCUT2D eigenvalue weighted by molar-refractivity contribution is 5.75. The highest BCUT2D eigenvalue weighted by atomic mass is 16.5. The molecule has 0 aromatic rings. The van der Waals surface area contributed by atoms with Crippen molar-refractivity contribution in [2.75, 3.05) is 6.61 Å². The number of hydrogen-bond donors (Lipinski definition) is 1. The van der Waals surface area contributed by atoms with E-state index in [1.807, 2.05) is 0 Å². The van der Waals surface area contributed by atoms with Crippen LogP contribution in [0.25, 0.3) is 0 Å². The zero-order valence-corrected chi connectivity index (χ0v) is 12.8. The lowest BCUT2D eigenvalue weighted by molar-refractivity contribution is -0.144. The number of cyclic esters (lactones) is 1. The third-order valence-corrected chi connectivity index (χ3v) is 5.85. The molecular formula is C17H26O3. The second kappa shape index (κ2) is 4.33. The topological polar surface area (TPSA) is 46.5 Å². The normalized spacial score (nSPS) is 46.9. The van der Waals surface area contributed by atoms with Crippen molar-refractivity contribution in [1.29, 1.82) is 0 Å². The minimum atomic E-state index is -0.698. The Kier molecular flexibility index (Phi) is 3.06. The highest BCUT2D eigenvalue weighted by Gasteiger charge is 2.55. The Balaban J connectivity index is 1.84. The van der Waals surface area contributed by atoms with Crippen LogP contribution in [0.3, 0.4) is 0 Å². The van der Waals surface area contributed by atoms with Gasteiger partial charge in [0.05, 0.1) is 18.1 Å². The molecule has 1 unspecified atom stereocenters. The number of ether oxygens (including phenoxy) is 1. The van der Waals surface area contributed by atoms with E-state index in [-0.39, 0.29) is 28.6 Å². The van der Waals surface area contributed by atoms with E-state index < -0.39 is 5.60 Å². The second-order valence-electron chi connectivity index (χ2n) is 8.14. The summed E-state index contributed by atoms with van der Waals surface area (Å²) >= 11 is 0. The van der Waals surface area contributed by atoms with E-state index >= 15 is 0 Å². The molecule has 112 valence electrons. The van der Waals surface area contributed by atoms with Crippen molar-refractivity contribution in [3.05, 3.63) is 12.2 Å². The smallest absolute Gasteiger partial charge is 0.309 e. The van der Waals surface area contributed by atoms with E-state index in [0.29, 0.717) is 19.4 Å². The van der Waals surface area contributed by atoms with Gasteiger partial charge in [-0.25, -0.2) is 0 Å². The van der Waals surface area contributed by atoms with Gasteiger partial charge in [0.25, 0.3) is 0 Å². The maximum Gasteiger partial charge on any atom is 0.309 e. The van der Waals surface area contributed by atoms with E-state index in [9.17, 15) is 9.90 Å². The fourth-order valence-electron chi connectivity index (χ4n) is 4.69. The minimum absolute atomic E-state index is 0.0273. The van der Waals surface area contributed by atoms with Gasteiger partial charge in [0, 0.05) is 11.3 Å². The van der Waals surface area contributed by atoms with Crippen molar-refractivity contribution in [1.82, 2.24) is 0 Å². The lowest BCUT2D eigenvalue weighted by Crippen LogP contribution is -2.53. The molecule has 0 aromatic heterocycles. The molecule has 1 heterocycles. The van der Waals surface area contributed by atoms with Crippen LogP contribution in [-0.4, -0.2) is 23.3 Å². The standard InChI is InChI=1S/C17H26O3/c1-15(2)6-4-7-16(3,11-15)17(19)8-5-13-12(9-17)10-20-14(13)18/h4,7,12-13,19H,5-6,8-11H2,1-3H3/t12-,13-,16?,17-/m1/s1. The number of rotatable bonds is 1. The number of hydrogen-bond acceptors (Lipinski definition) is 3. The monoisotopic (exact) mass is 278 g/mol. The van der Waals surface area contributed by atoms with Gasteiger partial charge >= 0.3 is 5.97 Å². The van der Waals surface area contributed by atoms with Crippen LogP contribution >= 0.6 is 0 Å². The van der Waals surface area contributed by atoms with Crippen LogP contribution in [0.1, 0.15) is 52.9 Å². The second-order valence-corrected chi connectivity index (χ2v) is 8.14. The van der Waals surface area contributed by atoms with Crippen molar-refractivity contribution < 1.29 is 14.6 Å². The van der Waals surface area contributed by atoms with E-state index in [1.54, 1.807) is 0 Å². The Labute approximate surface area is 121 Å². The van der Waals surface area contributed by atoms with Crippen LogP contribution in [0.4, 0.5) is 0 Å². The first kappa shape index (κ1) is 14.1. The Morgan fingerprint density at radius 1 is 1.35 bits per heavy atom. The molecule has 3 nitrogen and oxygen atoms in total. The van der Waals surface area contributed by atoms with Gasteiger partial charge in [-0.15, -0.1) is 0 Å². The fourth-order valence-corrected chi connectivity index (χ4v) is 4.69. The molecule has 3 aliphatic rings. The summed E-state index contributed by atoms with van der Waals surface area (Å²) in [4.78, 5) is 11.7. The van der Waals surface area contributed by atoms with Gasteiger partial charge in [-0.1, -0.05) is 32.9 Å². The van der Waals surface area contributed by atoms with Crippen LogP contribution < -0.4 is 0 Å². The summed E-state index contributed by atoms with van der Waals surface area (Å²) in [6, 6.07) is 0. The van der Waals surface area contributed by atoms with Crippen LogP contribution in [-0.2, 0) is 9.53 Å². The Bertz CT molecular complexity index is 453. The third kappa shape index (κ3) is 2.11. The molecule has 0 bridgehead atoms. The van der Waals surface area contributed by atoms with Gasteiger partial charge in [0.2, 0.25) is 0 Å². The summed E-state index contributed by atoms with van der Waals surface area (Å²) in [7, 11) is 0. The molecule has 1 N–H and O–H groups in total. The van der Waals surface area contributed by atoms with Crippen LogP contribution in [0.5, 0.6) is 0 Å². The molecular weight excluding hydrogens is 252 g/mol. The zero-order chi connectivity index (χ0) is 14.6. The average molecular weight is 278 g/mol. The number of aliphatic hydroxyl groups is 1. The van der Waals surface area contributed by atoms with Gasteiger partial charge in [-0.2, -0.15) is 0 Å². The predicted molar refractivity (Wildman–Crippen MR) is 77.0 cm³/mol. The molecule has 20 heavy (non-hydrogen) atoms. The SMILES string of the molecule is CC1(C)CC=CC(C)([C@@]2(O)CC[C@H]3C(=O)OC[C@H]3C2)C1. The molecule has 0 radical (unpaired) electrons. The molecule has 1 saturated heterocycles. The molecule has 4 atom stereocenters. The molecule has 0 amide bonds. The summed E-state index contributed by atoms with van der Waals surface area (Å²) in [5, 5.41) is 11.3. The summed E-state index contributed by atoms with van der Waals surface area (Å²) in [6.45, 7) is 7.22. The zero-order valence-electron chi connectivity index (χ0n) is 12.8. The van der Waals surface area contributed by atoms with Crippen LogP contribution in [0, 0.1) is 22.7 Å². The number of esters is 1. The van der Waals surface area contributed by atoms with E-state index in [2.05, 4.69) is 32.9 Å². The van der Waals surface area contributed by atoms with Crippen molar-refractivity contribution in [2.24, 2.45) is 22.7 Å². The quantitative estimate of drug-likeness (QED) is 0.592. The molecule has 3 heteroatoms. The average Bonchev–Trinajstić information content (AvgIpc) is 2.68. The molecule has 3 rings (SSSR count). The third-order valence-electron chi connectivity index (χ3n) is 5.85. The van der Waals surface area contributed by atoms with Gasteiger partial charge < -0.3 is 9.84 Å². The molecule has 1 aliphatic heterocycles. The minimum Gasteiger partial charge on any atom is -0.465 e. The summed E-state index contributed by atoms with van der Waals surface area (Å²) in [5.41, 5.74) is -0.653. The molecule has 2 aliphatic carbocycles. The molecule has 2 fully saturated rings. The number of allylic oxidation sites excluding steroid dienone is 1. The Morgan fingerprint density at radius 3 is 2.80 bits per heavy atom. The van der Waals surface area contributed by atoms with Gasteiger partial charge in [-0.05, 0) is 37.5 Å². The van der Waals surface area contributed by atoms with E-state index in [1.165, 1.54) is 0 Å². The lowest BCUT2D eigenvalue weighted by atomic mass is 9.55. The predicted octanol–water partition coefficient (Wildman–Crippen LogP) is 3.07. The van der Waals surface area contributed by atoms with Gasteiger partial charge in [0.15, 0.2) is 0 Å². The van der Waals surface area contributed by atoms with E-state index in [0.717, 1.165) is 19.3 Å². The number of carbonyl (C=O) groups excluding carboxylic acids is 1. The maximum atomic E-state index is 11.7. The van der Waals surface area contributed by atoms with Crippen molar-refractivity contribution >= 4 is 5.97 Å². The fraction of sp³-hybridized carbons (Fsp3) is 0.824. The van der Waals surface area contributed by atoms with Gasteiger partial charge in [-0.3, -0.25) is 4.79 Å². The lowest BCUT2D eigenvalue weighted by Gasteiger charge is -2.52. The van der Waals surface area contributed by atoms with Crippen LogP contribution in [0.15, 0.2) is 12.2 Å². The first-order chi connectivity index (χ1) is 9.25. The largest absolute Gasteiger partial charge is 0.465 e. The molecule has 0 spiro atoms. The van der Waals surface area contributed by atoms with E-state index in [4.69, 9.17) is 4.74 Å².